The van der Waals surface area contributed by atoms with E-state index in [1.165, 1.54) is 51.5 Å². The van der Waals surface area contributed by atoms with E-state index in [0.717, 1.165) is 41.9 Å². The molecule has 2 aliphatic heterocycles. The summed E-state index contributed by atoms with van der Waals surface area (Å²) in [7, 11) is 1.73. The molecule has 1 aromatic heterocycles. The number of hydrogen-bond donors (Lipinski definition) is 0. The molecule has 6 heteroatoms. The molecule has 0 unspecified atom stereocenters. The first-order chi connectivity index (χ1) is 14.7. The Bertz CT molecular complexity index is 921. The van der Waals surface area contributed by atoms with E-state index in [-0.39, 0.29) is 24.4 Å². The van der Waals surface area contributed by atoms with Crippen molar-refractivity contribution in [2.45, 2.75) is 70.5 Å². The Morgan fingerprint density at radius 1 is 1.10 bits per heavy atom. The summed E-state index contributed by atoms with van der Waals surface area (Å²) >= 11 is 0. The SMILES string of the molecule is COc1cccc2c(C(=O)N3C[C@H]4CCCN4C[C@@H]3C)cn(CC3CCCCC3)c12.Cl. The fourth-order valence-corrected chi connectivity index (χ4v) is 6.08. The van der Waals surface area contributed by atoms with Gasteiger partial charge < -0.3 is 14.2 Å². The normalized spacial score (nSPS) is 24.8. The van der Waals surface area contributed by atoms with Gasteiger partial charge in [-0.2, -0.15) is 0 Å². The van der Waals surface area contributed by atoms with Gasteiger partial charge in [-0.1, -0.05) is 31.4 Å². The lowest BCUT2D eigenvalue weighted by Gasteiger charge is -2.42. The molecular formula is C25H36ClN3O2. The molecule has 170 valence electrons. The van der Waals surface area contributed by atoms with Gasteiger partial charge >= 0.3 is 0 Å². The number of carbonyl (C=O) groups excluding carboxylic acids is 1. The van der Waals surface area contributed by atoms with Gasteiger partial charge in [0.25, 0.3) is 5.91 Å². The van der Waals surface area contributed by atoms with Gasteiger partial charge in [0.15, 0.2) is 0 Å². The summed E-state index contributed by atoms with van der Waals surface area (Å²) in [5.74, 6) is 1.76. The van der Waals surface area contributed by atoms with E-state index in [2.05, 4.69) is 33.6 Å². The van der Waals surface area contributed by atoms with Crippen molar-refractivity contribution in [3.8, 4) is 5.75 Å². The Labute approximate surface area is 192 Å². The van der Waals surface area contributed by atoms with Crippen LogP contribution in [0.25, 0.3) is 10.9 Å². The lowest BCUT2D eigenvalue weighted by molar-refractivity contribution is 0.0397. The topological polar surface area (TPSA) is 37.7 Å². The number of nitrogens with zero attached hydrogens (tertiary/aromatic N) is 3. The predicted octanol–water partition coefficient (Wildman–Crippen LogP) is 4.96. The van der Waals surface area contributed by atoms with Crippen LogP contribution in [0.15, 0.2) is 24.4 Å². The Hall–Kier alpha value is -1.72. The van der Waals surface area contributed by atoms with Crippen molar-refractivity contribution in [3.63, 3.8) is 0 Å². The van der Waals surface area contributed by atoms with Crippen molar-refractivity contribution >= 4 is 29.2 Å². The van der Waals surface area contributed by atoms with Gasteiger partial charge in [0, 0.05) is 43.3 Å². The lowest BCUT2D eigenvalue weighted by atomic mass is 9.89. The second-order valence-corrected chi connectivity index (χ2v) is 9.65. The maximum Gasteiger partial charge on any atom is 0.256 e. The van der Waals surface area contributed by atoms with Crippen LogP contribution in [-0.4, -0.2) is 59.1 Å². The number of methoxy groups -OCH3 is 1. The first kappa shape index (κ1) is 22.5. The highest BCUT2D eigenvalue weighted by Gasteiger charge is 2.37. The van der Waals surface area contributed by atoms with Gasteiger partial charge in [-0.05, 0) is 51.1 Å². The van der Waals surface area contributed by atoms with Crippen molar-refractivity contribution in [1.29, 1.82) is 0 Å². The quantitative estimate of drug-likeness (QED) is 0.667. The van der Waals surface area contributed by atoms with Gasteiger partial charge in [-0.15, -0.1) is 12.4 Å². The fraction of sp³-hybridized carbons (Fsp3) is 0.640. The molecule has 1 aliphatic carbocycles. The molecule has 3 fully saturated rings. The zero-order chi connectivity index (χ0) is 20.7. The van der Waals surface area contributed by atoms with Crippen LogP contribution in [0.5, 0.6) is 5.75 Å². The summed E-state index contributed by atoms with van der Waals surface area (Å²) in [5.41, 5.74) is 1.93. The molecule has 0 radical (unpaired) electrons. The average Bonchev–Trinajstić information content (AvgIpc) is 3.37. The Kier molecular flexibility index (Phi) is 6.83. The second-order valence-electron chi connectivity index (χ2n) is 9.65. The summed E-state index contributed by atoms with van der Waals surface area (Å²) in [5, 5.41) is 1.04. The minimum absolute atomic E-state index is 0. The number of hydrogen-bond acceptors (Lipinski definition) is 3. The van der Waals surface area contributed by atoms with E-state index in [4.69, 9.17) is 4.74 Å². The lowest BCUT2D eigenvalue weighted by Crippen LogP contribution is -2.56. The maximum absolute atomic E-state index is 13.8. The summed E-state index contributed by atoms with van der Waals surface area (Å²) in [6, 6.07) is 6.93. The predicted molar refractivity (Wildman–Crippen MR) is 127 cm³/mol. The number of rotatable bonds is 4. The Balaban J connectivity index is 0.00000231. The Morgan fingerprint density at radius 3 is 2.68 bits per heavy atom. The van der Waals surface area contributed by atoms with E-state index in [9.17, 15) is 4.79 Å². The van der Waals surface area contributed by atoms with Crippen molar-refractivity contribution < 1.29 is 9.53 Å². The second kappa shape index (κ2) is 9.41. The molecule has 3 heterocycles. The Morgan fingerprint density at radius 2 is 1.90 bits per heavy atom. The molecular weight excluding hydrogens is 410 g/mol. The zero-order valence-corrected chi connectivity index (χ0v) is 19.7. The van der Waals surface area contributed by atoms with Gasteiger partial charge in [0.2, 0.25) is 0 Å². The van der Waals surface area contributed by atoms with Crippen LogP contribution in [0.4, 0.5) is 0 Å². The number of halogens is 1. The summed E-state index contributed by atoms with van der Waals surface area (Å²) in [4.78, 5) is 18.5. The van der Waals surface area contributed by atoms with Gasteiger partial charge in [-0.3, -0.25) is 9.69 Å². The largest absolute Gasteiger partial charge is 0.495 e. The van der Waals surface area contributed by atoms with E-state index >= 15 is 0 Å². The van der Waals surface area contributed by atoms with Crippen LogP contribution in [0.2, 0.25) is 0 Å². The number of fused-ring (bicyclic) bond motifs is 2. The molecule has 1 amide bonds. The smallest absolute Gasteiger partial charge is 0.256 e. The van der Waals surface area contributed by atoms with Crippen LogP contribution in [0.3, 0.4) is 0 Å². The number of ether oxygens (including phenoxy) is 1. The van der Waals surface area contributed by atoms with E-state index in [0.29, 0.717) is 12.0 Å². The molecule has 3 aliphatic rings. The number of para-hydroxylation sites is 1. The van der Waals surface area contributed by atoms with Gasteiger partial charge in [0.1, 0.15) is 5.75 Å². The molecule has 2 atom stereocenters. The molecule has 1 aromatic carbocycles. The van der Waals surface area contributed by atoms with Crippen molar-refractivity contribution in [3.05, 3.63) is 30.0 Å². The molecule has 0 spiro atoms. The number of amides is 1. The average molecular weight is 446 g/mol. The van der Waals surface area contributed by atoms with Crippen molar-refractivity contribution in [2.24, 2.45) is 5.92 Å². The van der Waals surface area contributed by atoms with Crippen LogP contribution < -0.4 is 4.74 Å². The van der Waals surface area contributed by atoms with Crippen LogP contribution in [0.1, 0.15) is 62.2 Å². The third-order valence-corrected chi connectivity index (χ3v) is 7.69. The van der Waals surface area contributed by atoms with E-state index < -0.39 is 0 Å². The number of piperazine rings is 1. The monoisotopic (exact) mass is 445 g/mol. The highest BCUT2D eigenvalue weighted by atomic mass is 35.5. The molecule has 1 saturated carbocycles. The van der Waals surface area contributed by atoms with Gasteiger partial charge in [-0.25, -0.2) is 0 Å². The molecule has 0 bridgehead atoms. The molecule has 2 aromatic rings. The number of benzene rings is 1. The standard InChI is InChI=1S/C25H35N3O2.ClH/c1-18-14-26-13-7-10-20(26)16-28(18)25(29)22-17-27(15-19-8-4-3-5-9-19)24-21(22)11-6-12-23(24)30-2;/h6,11-12,17-20H,3-5,7-10,13-16H2,1-2H3;1H/t18-,20+;/m0./s1. The van der Waals surface area contributed by atoms with Gasteiger partial charge in [0.05, 0.1) is 18.2 Å². The minimum atomic E-state index is 0. The van der Waals surface area contributed by atoms with Crippen LogP contribution in [0, 0.1) is 5.92 Å². The minimum Gasteiger partial charge on any atom is -0.495 e. The maximum atomic E-state index is 13.8. The molecule has 5 nitrogen and oxygen atoms in total. The van der Waals surface area contributed by atoms with Crippen molar-refractivity contribution in [1.82, 2.24) is 14.4 Å². The van der Waals surface area contributed by atoms with Crippen LogP contribution in [-0.2, 0) is 6.54 Å². The number of aromatic nitrogens is 1. The van der Waals surface area contributed by atoms with Crippen LogP contribution >= 0.6 is 12.4 Å². The highest BCUT2D eigenvalue weighted by Crippen LogP contribution is 2.34. The number of carbonyl (C=O) groups is 1. The zero-order valence-electron chi connectivity index (χ0n) is 18.9. The van der Waals surface area contributed by atoms with Crippen molar-refractivity contribution in [2.75, 3.05) is 26.7 Å². The van der Waals surface area contributed by atoms with E-state index in [1.54, 1.807) is 7.11 Å². The third-order valence-electron chi connectivity index (χ3n) is 7.69. The molecule has 5 rings (SSSR count). The fourth-order valence-electron chi connectivity index (χ4n) is 6.08. The summed E-state index contributed by atoms with van der Waals surface area (Å²) in [6.07, 6.45) is 11.2. The first-order valence-corrected chi connectivity index (χ1v) is 11.9. The molecule has 2 saturated heterocycles. The molecule has 0 N–H and O–H groups in total. The highest BCUT2D eigenvalue weighted by molar-refractivity contribution is 6.08. The first-order valence-electron chi connectivity index (χ1n) is 11.9. The van der Waals surface area contributed by atoms with E-state index in [1.807, 2.05) is 12.1 Å². The summed E-state index contributed by atoms with van der Waals surface area (Å²) < 4.78 is 8.03. The summed E-state index contributed by atoms with van der Waals surface area (Å²) in [6.45, 7) is 6.24. The molecule has 31 heavy (non-hydrogen) atoms. The third kappa shape index (κ3) is 4.19.